The number of amides is 1. The van der Waals surface area contributed by atoms with Crippen LogP contribution in [0.5, 0.6) is 0 Å². The first-order chi connectivity index (χ1) is 12.3. The summed E-state index contributed by atoms with van der Waals surface area (Å²) in [5, 5.41) is 4.05. The van der Waals surface area contributed by atoms with Crippen molar-refractivity contribution in [2.45, 2.75) is 38.0 Å². The summed E-state index contributed by atoms with van der Waals surface area (Å²) in [6.07, 6.45) is 10.7. The van der Waals surface area contributed by atoms with E-state index in [1.807, 2.05) is 23.1 Å². The molecule has 3 heterocycles. The summed E-state index contributed by atoms with van der Waals surface area (Å²) in [7, 11) is 0. The van der Waals surface area contributed by atoms with Gasteiger partial charge in [-0.1, -0.05) is 23.4 Å². The molecule has 0 aromatic carbocycles. The molecule has 0 spiro atoms. The van der Waals surface area contributed by atoms with Crippen molar-refractivity contribution in [3.63, 3.8) is 0 Å². The molecule has 6 heteroatoms. The van der Waals surface area contributed by atoms with Gasteiger partial charge in [0.2, 0.25) is 17.6 Å². The summed E-state index contributed by atoms with van der Waals surface area (Å²) in [6, 6.07) is 5.63. The van der Waals surface area contributed by atoms with E-state index in [0.717, 1.165) is 44.5 Å². The van der Waals surface area contributed by atoms with E-state index >= 15 is 0 Å². The van der Waals surface area contributed by atoms with Gasteiger partial charge in [-0.25, -0.2) is 0 Å². The van der Waals surface area contributed by atoms with E-state index < -0.39 is 0 Å². The Labute approximate surface area is 146 Å². The SMILES string of the molecule is O=C(C[C@@H]1C=CCC1)N1CCC(c2nc(-c3ccccn3)no2)CC1. The van der Waals surface area contributed by atoms with Crippen LogP contribution in [-0.2, 0) is 4.79 Å². The lowest BCUT2D eigenvalue weighted by Crippen LogP contribution is -2.38. The molecule has 0 N–H and O–H groups in total. The molecular weight excluding hydrogens is 316 g/mol. The quantitative estimate of drug-likeness (QED) is 0.801. The molecule has 1 aliphatic heterocycles. The third-order valence-corrected chi connectivity index (χ3v) is 5.08. The van der Waals surface area contributed by atoms with Gasteiger partial charge in [0.25, 0.3) is 0 Å². The summed E-state index contributed by atoms with van der Waals surface area (Å²) >= 11 is 0. The number of hydrogen-bond donors (Lipinski definition) is 0. The fourth-order valence-corrected chi connectivity index (χ4v) is 3.59. The average Bonchev–Trinajstić information content (AvgIpc) is 3.34. The van der Waals surface area contributed by atoms with Crippen molar-refractivity contribution in [3.05, 3.63) is 42.4 Å². The maximum absolute atomic E-state index is 12.4. The van der Waals surface area contributed by atoms with Gasteiger partial charge < -0.3 is 9.42 Å². The molecule has 0 bridgehead atoms. The second kappa shape index (κ2) is 7.17. The Bertz CT molecular complexity index is 748. The normalized spacial score (nSPS) is 21.0. The third kappa shape index (κ3) is 3.62. The lowest BCUT2D eigenvalue weighted by Gasteiger charge is -2.31. The van der Waals surface area contributed by atoms with E-state index in [1.54, 1.807) is 6.20 Å². The predicted molar refractivity (Wildman–Crippen MR) is 92.6 cm³/mol. The molecule has 4 rings (SSSR count). The second-order valence-corrected chi connectivity index (χ2v) is 6.80. The molecule has 1 aliphatic carbocycles. The van der Waals surface area contributed by atoms with Crippen LogP contribution in [0.3, 0.4) is 0 Å². The highest BCUT2D eigenvalue weighted by atomic mass is 16.5. The number of pyridine rings is 1. The van der Waals surface area contributed by atoms with Crippen LogP contribution < -0.4 is 0 Å². The Morgan fingerprint density at radius 1 is 1.24 bits per heavy atom. The zero-order valence-corrected chi connectivity index (χ0v) is 14.2. The molecule has 1 atom stereocenters. The van der Waals surface area contributed by atoms with E-state index in [4.69, 9.17) is 4.52 Å². The molecule has 1 saturated heterocycles. The summed E-state index contributed by atoms with van der Waals surface area (Å²) in [5.74, 6) is 2.12. The molecular formula is C19H22N4O2. The fraction of sp³-hybridized carbons (Fsp3) is 0.474. The molecule has 25 heavy (non-hydrogen) atoms. The van der Waals surface area contributed by atoms with Crippen molar-refractivity contribution in [2.75, 3.05) is 13.1 Å². The molecule has 2 aromatic heterocycles. The highest BCUT2D eigenvalue weighted by molar-refractivity contribution is 5.76. The number of nitrogens with zero attached hydrogens (tertiary/aromatic N) is 4. The van der Waals surface area contributed by atoms with Crippen molar-refractivity contribution in [2.24, 2.45) is 5.92 Å². The summed E-state index contributed by atoms with van der Waals surface area (Å²) in [6.45, 7) is 1.53. The largest absolute Gasteiger partial charge is 0.343 e. The first kappa shape index (κ1) is 16.0. The minimum atomic E-state index is 0.223. The van der Waals surface area contributed by atoms with Crippen LogP contribution in [-0.4, -0.2) is 39.0 Å². The van der Waals surface area contributed by atoms with Crippen molar-refractivity contribution >= 4 is 5.91 Å². The van der Waals surface area contributed by atoms with Crippen LogP contribution in [0.4, 0.5) is 0 Å². The average molecular weight is 338 g/mol. The van der Waals surface area contributed by atoms with Crippen molar-refractivity contribution in [1.29, 1.82) is 0 Å². The number of piperidine rings is 1. The molecule has 1 amide bonds. The molecule has 2 aromatic rings. The summed E-state index contributed by atoms with van der Waals surface area (Å²) in [4.78, 5) is 23.2. The Balaban J connectivity index is 1.33. The van der Waals surface area contributed by atoms with Gasteiger partial charge in [0, 0.05) is 31.6 Å². The lowest BCUT2D eigenvalue weighted by atomic mass is 9.95. The van der Waals surface area contributed by atoms with Crippen molar-refractivity contribution in [3.8, 4) is 11.5 Å². The second-order valence-electron chi connectivity index (χ2n) is 6.80. The molecule has 0 radical (unpaired) electrons. The topological polar surface area (TPSA) is 72.1 Å². The first-order valence-corrected chi connectivity index (χ1v) is 8.99. The van der Waals surface area contributed by atoms with E-state index in [2.05, 4.69) is 27.3 Å². The lowest BCUT2D eigenvalue weighted by molar-refractivity contribution is -0.133. The smallest absolute Gasteiger partial charge is 0.230 e. The number of rotatable bonds is 4. The maximum atomic E-state index is 12.4. The van der Waals surface area contributed by atoms with Crippen LogP contribution in [0.1, 0.15) is 43.9 Å². The maximum Gasteiger partial charge on any atom is 0.230 e. The number of carbonyl (C=O) groups is 1. The fourth-order valence-electron chi connectivity index (χ4n) is 3.59. The number of hydrogen-bond acceptors (Lipinski definition) is 5. The number of carbonyl (C=O) groups excluding carboxylic acids is 1. The zero-order chi connectivity index (χ0) is 17.1. The van der Waals surface area contributed by atoms with E-state index in [1.165, 1.54) is 0 Å². The summed E-state index contributed by atoms with van der Waals surface area (Å²) in [5.41, 5.74) is 0.717. The first-order valence-electron chi connectivity index (χ1n) is 8.99. The predicted octanol–water partition coefficient (Wildman–Crippen LogP) is 3.19. The van der Waals surface area contributed by atoms with Crippen LogP contribution in [0.25, 0.3) is 11.5 Å². The summed E-state index contributed by atoms with van der Waals surface area (Å²) < 4.78 is 5.45. The van der Waals surface area contributed by atoms with Gasteiger partial charge in [-0.15, -0.1) is 0 Å². The van der Waals surface area contributed by atoms with E-state index in [9.17, 15) is 4.79 Å². The van der Waals surface area contributed by atoms with Gasteiger partial charge in [-0.05, 0) is 43.7 Å². The highest BCUT2D eigenvalue weighted by Gasteiger charge is 2.28. The van der Waals surface area contributed by atoms with Gasteiger partial charge in [-0.2, -0.15) is 4.98 Å². The number of aromatic nitrogens is 3. The highest BCUT2D eigenvalue weighted by Crippen LogP contribution is 2.29. The third-order valence-electron chi connectivity index (χ3n) is 5.08. The van der Waals surface area contributed by atoms with Crippen LogP contribution in [0.2, 0.25) is 0 Å². The zero-order valence-electron chi connectivity index (χ0n) is 14.2. The molecule has 0 unspecified atom stereocenters. The monoisotopic (exact) mass is 338 g/mol. The van der Waals surface area contributed by atoms with Gasteiger partial charge in [-0.3, -0.25) is 9.78 Å². The Kier molecular flexibility index (Phi) is 4.59. The van der Waals surface area contributed by atoms with E-state index in [-0.39, 0.29) is 11.8 Å². The van der Waals surface area contributed by atoms with E-state index in [0.29, 0.717) is 24.1 Å². The Morgan fingerprint density at radius 3 is 2.84 bits per heavy atom. The standard InChI is InChI=1S/C19H22N4O2/c24-17(13-14-5-1-2-6-14)23-11-8-15(9-12-23)19-21-18(22-25-19)16-7-3-4-10-20-16/h1,3-5,7,10,14-15H,2,6,8-9,11-13H2/t14-/m1/s1. The molecule has 130 valence electrons. The molecule has 2 aliphatic rings. The van der Waals surface area contributed by atoms with Crippen LogP contribution in [0, 0.1) is 5.92 Å². The molecule has 6 nitrogen and oxygen atoms in total. The molecule has 0 saturated carbocycles. The minimum absolute atomic E-state index is 0.223. The van der Waals surface area contributed by atoms with Gasteiger partial charge in [0.1, 0.15) is 5.69 Å². The van der Waals surface area contributed by atoms with Crippen molar-refractivity contribution in [1.82, 2.24) is 20.0 Å². The Hall–Kier alpha value is -2.50. The van der Waals surface area contributed by atoms with Crippen LogP contribution >= 0.6 is 0 Å². The minimum Gasteiger partial charge on any atom is -0.343 e. The van der Waals surface area contributed by atoms with Crippen LogP contribution in [0.15, 0.2) is 41.1 Å². The number of likely N-dealkylation sites (tertiary alicyclic amines) is 1. The van der Waals surface area contributed by atoms with Crippen molar-refractivity contribution < 1.29 is 9.32 Å². The molecule has 1 fully saturated rings. The number of allylic oxidation sites excluding steroid dienone is 2. The Morgan fingerprint density at radius 2 is 2.12 bits per heavy atom. The van der Waals surface area contributed by atoms with Gasteiger partial charge in [0.05, 0.1) is 0 Å². The van der Waals surface area contributed by atoms with Gasteiger partial charge in [0.15, 0.2) is 0 Å². The van der Waals surface area contributed by atoms with Gasteiger partial charge >= 0.3 is 0 Å².